The quantitative estimate of drug-likeness (QED) is 0.354. The third kappa shape index (κ3) is 7.47. The second kappa shape index (κ2) is 12.0. The van der Waals surface area contributed by atoms with Gasteiger partial charge in [-0.2, -0.15) is 0 Å². The Balaban J connectivity index is 1.59. The number of benzene rings is 3. The van der Waals surface area contributed by atoms with Gasteiger partial charge in [-0.15, -0.1) is 0 Å². The van der Waals surface area contributed by atoms with Crippen LogP contribution in [-0.2, 0) is 10.8 Å². The van der Waals surface area contributed by atoms with Crippen molar-refractivity contribution in [3.63, 3.8) is 0 Å². The SMILES string of the molecule is COc1cc(C(=O)NNC(=O)c2ccc(C(C)(C)C)cc2)ccc1C(=O)NNC(=O)c1ccc(C(C)(C)C)cc1. The van der Waals surface area contributed by atoms with Gasteiger partial charge in [-0.1, -0.05) is 65.8 Å². The molecule has 0 bridgehead atoms. The zero-order chi connectivity index (χ0) is 29.7. The zero-order valence-electron chi connectivity index (χ0n) is 23.9. The van der Waals surface area contributed by atoms with Crippen molar-refractivity contribution in [3.8, 4) is 5.75 Å². The molecule has 9 nitrogen and oxygen atoms in total. The highest BCUT2D eigenvalue weighted by molar-refractivity contribution is 6.03. The number of carbonyl (C=O) groups is 4. The molecule has 0 aliphatic rings. The lowest BCUT2D eigenvalue weighted by Crippen LogP contribution is -2.42. The van der Waals surface area contributed by atoms with Crippen molar-refractivity contribution in [2.24, 2.45) is 0 Å². The van der Waals surface area contributed by atoms with Gasteiger partial charge in [-0.25, -0.2) is 0 Å². The van der Waals surface area contributed by atoms with Crippen LogP contribution in [0.4, 0.5) is 0 Å². The summed E-state index contributed by atoms with van der Waals surface area (Å²) in [6, 6.07) is 18.4. The van der Waals surface area contributed by atoms with Crippen LogP contribution < -0.4 is 26.4 Å². The number of nitrogens with one attached hydrogen (secondary N) is 4. The molecule has 210 valence electrons. The second-order valence-electron chi connectivity index (χ2n) is 11.4. The standard InChI is InChI=1S/C31H36N4O5/c1-30(2,3)22-13-8-19(9-14-22)26(36)32-34-28(38)21-12-17-24(25(18-21)40-7)29(39)35-33-27(37)20-10-15-23(16-11-20)31(4,5)6/h8-18H,1-7H3,(H,32,36)(H,33,37)(H,34,38)(H,35,39). The van der Waals surface area contributed by atoms with Crippen molar-refractivity contribution >= 4 is 23.6 Å². The predicted molar refractivity (Wildman–Crippen MR) is 153 cm³/mol. The summed E-state index contributed by atoms with van der Waals surface area (Å²) in [5.74, 6) is -2.07. The van der Waals surface area contributed by atoms with E-state index in [4.69, 9.17) is 4.74 Å². The van der Waals surface area contributed by atoms with Crippen molar-refractivity contribution in [1.82, 2.24) is 21.7 Å². The van der Waals surface area contributed by atoms with Gasteiger partial charge in [-0.05, 0) is 64.4 Å². The van der Waals surface area contributed by atoms with Crippen molar-refractivity contribution < 1.29 is 23.9 Å². The molecule has 0 unspecified atom stereocenters. The maximum Gasteiger partial charge on any atom is 0.273 e. The number of methoxy groups -OCH3 is 1. The van der Waals surface area contributed by atoms with E-state index in [1.54, 1.807) is 24.3 Å². The molecule has 0 atom stereocenters. The van der Waals surface area contributed by atoms with Crippen LogP contribution >= 0.6 is 0 Å². The Morgan fingerprint density at radius 3 is 1.25 bits per heavy atom. The summed E-state index contributed by atoms with van der Waals surface area (Å²) in [5.41, 5.74) is 12.6. The Hall–Kier alpha value is -4.66. The van der Waals surface area contributed by atoms with Crippen LogP contribution in [0.3, 0.4) is 0 Å². The zero-order valence-corrected chi connectivity index (χ0v) is 23.9. The molecule has 0 saturated carbocycles. The summed E-state index contributed by atoms with van der Waals surface area (Å²) in [7, 11) is 1.35. The Labute approximate surface area is 234 Å². The van der Waals surface area contributed by atoms with E-state index in [-0.39, 0.29) is 27.7 Å². The molecule has 0 aliphatic carbocycles. The monoisotopic (exact) mass is 544 g/mol. The molecule has 0 radical (unpaired) electrons. The van der Waals surface area contributed by atoms with Crippen molar-refractivity contribution in [2.75, 3.05) is 7.11 Å². The van der Waals surface area contributed by atoms with E-state index < -0.39 is 23.6 Å². The maximum absolute atomic E-state index is 12.7. The van der Waals surface area contributed by atoms with Gasteiger partial charge in [0.05, 0.1) is 12.7 Å². The average Bonchev–Trinajstić information content (AvgIpc) is 2.93. The minimum Gasteiger partial charge on any atom is -0.496 e. The first-order valence-electron chi connectivity index (χ1n) is 12.8. The van der Waals surface area contributed by atoms with Crippen molar-refractivity contribution in [2.45, 2.75) is 52.4 Å². The molecular weight excluding hydrogens is 508 g/mol. The fourth-order valence-corrected chi connectivity index (χ4v) is 3.77. The number of amides is 4. The topological polar surface area (TPSA) is 126 Å². The molecular formula is C31H36N4O5. The first-order chi connectivity index (χ1) is 18.7. The molecule has 40 heavy (non-hydrogen) atoms. The number of hydrazine groups is 2. The smallest absolute Gasteiger partial charge is 0.273 e. The summed E-state index contributed by atoms with van der Waals surface area (Å²) in [6.45, 7) is 12.5. The van der Waals surface area contributed by atoms with Crippen LogP contribution in [0.5, 0.6) is 5.75 Å². The summed E-state index contributed by atoms with van der Waals surface area (Å²) in [6.07, 6.45) is 0. The van der Waals surface area contributed by atoms with Gasteiger partial charge in [0, 0.05) is 16.7 Å². The third-order valence-electron chi connectivity index (χ3n) is 6.31. The van der Waals surface area contributed by atoms with Gasteiger partial charge in [0.25, 0.3) is 23.6 Å². The predicted octanol–water partition coefficient (Wildman–Crippen LogP) is 4.44. The number of carbonyl (C=O) groups excluding carboxylic acids is 4. The van der Waals surface area contributed by atoms with E-state index in [9.17, 15) is 19.2 Å². The fourth-order valence-electron chi connectivity index (χ4n) is 3.77. The van der Waals surface area contributed by atoms with E-state index in [0.717, 1.165) is 11.1 Å². The first kappa shape index (κ1) is 29.9. The van der Waals surface area contributed by atoms with Gasteiger partial charge < -0.3 is 4.74 Å². The van der Waals surface area contributed by atoms with Crippen LogP contribution in [0.15, 0.2) is 66.7 Å². The van der Waals surface area contributed by atoms with E-state index >= 15 is 0 Å². The van der Waals surface area contributed by atoms with Gasteiger partial charge in [0.2, 0.25) is 0 Å². The van der Waals surface area contributed by atoms with Crippen LogP contribution in [0.2, 0.25) is 0 Å². The first-order valence-corrected chi connectivity index (χ1v) is 12.8. The average molecular weight is 545 g/mol. The van der Waals surface area contributed by atoms with Crippen LogP contribution in [-0.4, -0.2) is 30.7 Å². The summed E-state index contributed by atoms with van der Waals surface area (Å²) < 4.78 is 5.29. The minimum atomic E-state index is -0.629. The van der Waals surface area contributed by atoms with E-state index in [0.29, 0.717) is 11.1 Å². The lowest BCUT2D eigenvalue weighted by molar-refractivity contribution is 0.0843. The second-order valence-corrected chi connectivity index (χ2v) is 11.4. The highest BCUT2D eigenvalue weighted by atomic mass is 16.5. The lowest BCUT2D eigenvalue weighted by Gasteiger charge is -2.19. The normalized spacial score (nSPS) is 11.3. The number of rotatable bonds is 5. The van der Waals surface area contributed by atoms with Crippen molar-refractivity contribution in [1.29, 1.82) is 0 Å². The largest absolute Gasteiger partial charge is 0.496 e. The van der Waals surface area contributed by atoms with Crippen LogP contribution in [0.1, 0.15) is 94.1 Å². The Kier molecular flexibility index (Phi) is 8.99. The highest BCUT2D eigenvalue weighted by Gasteiger charge is 2.19. The van der Waals surface area contributed by atoms with E-state index in [2.05, 4.69) is 63.2 Å². The molecule has 4 amide bonds. The summed E-state index contributed by atoms with van der Waals surface area (Å²) in [5, 5.41) is 0. The molecule has 3 rings (SSSR count). The van der Waals surface area contributed by atoms with Gasteiger partial charge in [-0.3, -0.25) is 40.9 Å². The molecule has 3 aromatic rings. The van der Waals surface area contributed by atoms with Gasteiger partial charge >= 0.3 is 0 Å². The van der Waals surface area contributed by atoms with Gasteiger partial charge in [0.1, 0.15) is 5.75 Å². The molecule has 0 aromatic heterocycles. The molecule has 0 fully saturated rings. The highest BCUT2D eigenvalue weighted by Crippen LogP contribution is 2.23. The molecule has 9 heteroatoms. The third-order valence-corrected chi connectivity index (χ3v) is 6.31. The van der Waals surface area contributed by atoms with Crippen molar-refractivity contribution in [3.05, 3.63) is 100 Å². The van der Waals surface area contributed by atoms with E-state index in [1.165, 1.54) is 25.3 Å². The minimum absolute atomic E-state index is 0.0463. The van der Waals surface area contributed by atoms with Gasteiger partial charge in [0.15, 0.2) is 0 Å². The molecule has 0 heterocycles. The molecule has 0 aliphatic heterocycles. The molecule has 3 aromatic carbocycles. The Morgan fingerprint density at radius 2 is 0.875 bits per heavy atom. The van der Waals surface area contributed by atoms with Crippen LogP contribution in [0.25, 0.3) is 0 Å². The number of hydrogen-bond acceptors (Lipinski definition) is 5. The summed E-state index contributed by atoms with van der Waals surface area (Å²) in [4.78, 5) is 50.3. The lowest BCUT2D eigenvalue weighted by atomic mass is 9.87. The fraction of sp³-hybridized carbons (Fsp3) is 0.290. The van der Waals surface area contributed by atoms with E-state index in [1.807, 2.05) is 24.3 Å². The Bertz CT molecular complexity index is 1400. The van der Waals surface area contributed by atoms with Crippen LogP contribution in [0, 0.1) is 0 Å². The molecule has 4 N–H and O–H groups in total. The number of hydrogen-bond donors (Lipinski definition) is 4. The maximum atomic E-state index is 12.7. The molecule has 0 spiro atoms. The Morgan fingerprint density at radius 1 is 0.525 bits per heavy atom. The molecule has 0 saturated heterocycles. The summed E-state index contributed by atoms with van der Waals surface area (Å²) >= 11 is 0. The number of ether oxygens (including phenoxy) is 1.